The monoisotopic (exact) mass is 418 g/mol. The Bertz CT molecular complexity index is 778. The Morgan fingerprint density at radius 1 is 0.828 bits per heavy atom. The number of carbonyl (C=O) groups is 2. The molecule has 0 saturated carbocycles. The predicted molar refractivity (Wildman–Crippen MR) is 111 cm³/mol. The van der Waals surface area contributed by atoms with Crippen LogP contribution < -0.4 is 10.4 Å². The van der Waals surface area contributed by atoms with Gasteiger partial charge in [-0.15, -0.1) is 0 Å². The first kappa shape index (κ1) is 22.8. The first-order chi connectivity index (χ1) is 13.6. The maximum atomic E-state index is 15.5. The van der Waals surface area contributed by atoms with E-state index in [1.165, 1.54) is 0 Å². The van der Waals surface area contributed by atoms with Crippen LogP contribution in [0.4, 0.5) is 4.39 Å². The molecule has 0 aliphatic rings. The number of rotatable bonds is 7. The van der Waals surface area contributed by atoms with E-state index in [1.807, 2.05) is 81.4 Å². The zero-order valence-corrected chi connectivity index (χ0v) is 18.4. The van der Waals surface area contributed by atoms with Crippen LogP contribution in [0.3, 0.4) is 0 Å². The molecule has 0 atom stereocenters. The summed E-state index contributed by atoms with van der Waals surface area (Å²) in [5.41, 5.74) is -3.06. The Balaban J connectivity index is 2.65. The number of alkyl halides is 1. The smallest absolute Gasteiger partial charge is 0.358 e. The highest BCUT2D eigenvalue weighted by Crippen LogP contribution is 2.37. The average molecular weight is 419 g/mol. The fraction of sp³-hybridized carbons (Fsp3) is 0.364. The minimum Gasteiger partial charge on any atom is -0.466 e. The van der Waals surface area contributed by atoms with Gasteiger partial charge in [-0.25, -0.2) is 14.0 Å². The molecule has 0 heterocycles. The predicted octanol–water partition coefficient (Wildman–Crippen LogP) is 2.62. The lowest BCUT2D eigenvalue weighted by molar-refractivity contribution is -0.174. The van der Waals surface area contributed by atoms with E-state index in [1.54, 1.807) is 0 Å². The Morgan fingerprint density at radius 2 is 1.21 bits per heavy atom. The van der Waals surface area contributed by atoms with Crippen molar-refractivity contribution in [3.63, 3.8) is 0 Å². The van der Waals surface area contributed by atoms with Gasteiger partial charge in [-0.05, 0) is 15.4 Å². The fourth-order valence-corrected chi connectivity index (χ4v) is 8.06. The number of halogens is 1. The van der Waals surface area contributed by atoms with Gasteiger partial charge in [-0.3, -0.25) is 0 Å². The molecule has 0 spiro atoms. The van der Waals surface area contributed by atoms with Crippen LogP contribution in [0, 0.1) is 0 Å². The van der Waals surface area contributed by atoms with Crippen molar-refractivity contribution in [1.29, 1.82) is 0 Å². The van der Waals surface area contributed by atoms with Crippen LogP contribution >= 0.6 is 0 Å². The van der Waals surface area contributed by atoms with Crippen molar-refractivity contribution in [1.82, 2.24) is 0 Å². The van der Waals surface area contributed by atoms with Gasteiger partial charge in [0.15, 0.2) is 0 Å². The summed E-state index contributed by atoms with van der Waals surface area (Å²) < 4.78 is 30.9. The largest absolute Gasteiger partial charge is 0.466 e. The van der Waals surface area contributed by atoms with E-state index < -0.39 is 37.6 Å². The van der Waals surface area contributed by atoms with Crippen molar-refractivity contribution in [3.05, 3.63) is 60.7 Å². The second-order valence-electron chi connectivity index (χ2n) is 7.74. The van der Waals surface area contributed by atoms with Gasteiger partial charge in [-0.1, -0.05) is 81.4 Å². The normalized spacial score (nSPS) is 12.3. The second-order valence-corrected chi connectivity index (χ2v) is 12.0. The summed E-state index contributed by atoms with van der Waals surface area (Å²) in [6, 6.07) is 19.0. The molecule has 0 bridgehead atoms. The van der Waals surface area contributed by atoms with Gasteiger partial charge in [0.2, 0.25) is 0 Å². The molecule has 0 saturated heterocycles. The molecule has 2 aromatic rings. The quantitative estimate of drug-likeness (QED) is 0.393. The standard InChI is InChI=1S/C22H27FO5Si/c1-21(2,3)29(17-12-8-6-9-13-17,18-14-10-7-11-15-18)28-16-22(23,19(24)26-4)20(25)27-5/h6-15H,16H2,1-5H3. The van der Waals surface area contributed by atoms with Crippen LogP contribution in [-0.4, -0.2) is 46.8 Å². The van der Waals surface area contributed by atoms with Crippen molar-refractivity contribution in [2.75, 3.05) is 20.8 Å². The third-order valence-corrected chi connectivity index (χ3v) is 9.90. The van der Waals surface area contributed by atoms with Crippen molar-refractivity contribution in [2.24, 2.45) is 0 Å². The summed E-state index contributed by atoms with van der Waals surface area (Å²) in [7, 11) is -1.10. The second kappa shape index (κ2) is 8.88. The average Bonchev–Trinajstić information content (AvgIpc) is 2.73. The van der Waals surface area contributed by atoms with E-state index >= 15 is 4.39 Å². The number of hydrogen-bond acceptors (Lipinski definition) is 5. The van der Waals surface area contributed by atoms with Gasteiger partial charge in [0.1, 0.15) is 0 Å². The number of esters is 2. The van der Waals surface area contributed by atoms with E-state index in [-0.39, 0.29) is 0 Å². The lowest BCUT2D eigenvalue weighted by atomic mass is 10.1. The van der Waals surface area contributed by atoms with Gasteiger partial charge in [-0.2, -0.15) is 0 Å². The fourth-order valence-electron chi connectivity index (χ4n) is 3.49. The van der Waals surface area contributed by atoms with E-state index in [2.05, 4.69) is 9.47 Å². The molecular formula is C22H27FO5Si. The summed E-state index contributed by atoms with van der Waals surface area (Å²) >= 11 is 0. The zero-order chi connectivity index (χ0) is 21.7. The van der Waals surface area contributed by atoms with Crippen LogP contribution in [0.25, 0.3) is 0 Å². The first-order valence-electron chi connectivity index (χ1n) is 9.24. The van der Waals surface area contributed by atoms with E-state index in [9.17, 15) is 9.59 Å². The molecule has 0 aliphatic carbocycles. The molecule has 0 aliphatic heterocycles. The lowest BCUT2D eigenvalue weighted by Crippen LogP contribution is -2.68. The summed E-state index contributed by atoms with van der Waals surface area (Å²) in [6.45, 7) is 5.22. The van der Waals surface area contributed by atoms with Crippen molar-refractivity contribution in [2.45, 2.75) is 31.5 Å². The molecular weight excluding hydrogens is 391 g/mol. The molecule has 156 valence electrons. The lowest BCUT2D eigenvalue weighted by Gasteiger charge is -2.43. The molecule has 0 aromatic heterocycles. The molecule has 0 amide bonds. The van der Waals surface area contributed by atoms with Gasteiger partial charge in [0.25, 0.3) is 8.32 Å². The van der Waals surface area contributed by atoms with Crippen molar-refractivity contribution in [3.8, 4) is 0 Å². The van der Waals surface area contributed by atoms with E-state index in [4.69, 9.17) is 4.43 Å². The highest BCUT2D eigenvalue weighted by Gasteiger charge is 2.56. The summed E-state index contributed by atoms with van der Waals surface area (Å²) in [5.74, 6) is -2.69. The van der Waals surface area contributed by atoms with E-state index in [0.29, 0.717) is 0 Å². The molecule has 0 unspecified atom stereocenters. The highest BCUT2D eigenvalue weighted by atomic mass is 28.4. The number of hydrogen-bond donors (Lipinski definition) is 0. The Hall–Kier alpha value is -2.51. The van der Waals surface area contributed by atoms with Crippen LogP contribution in [0.15, 0.2) is 60.7 Å². The number of carbonyl (C=O) groups excluding carboxylic acids is 2. The van der Waals surface area contributed by atoms with Gasteiger partial charge in [0, 0.05) is 0 Å². The van der Waals surface area contributed by atoms with E-state index in [0.717, 1.165) is 24.6 Å². The van der Waals surface area contributed by atoms with Gasteiger partial charge >= 0.3 is 17.6 Å². The molecule has 5 nitrogen and oxygen atoms in total. The maximum Gasteiger partial charge on any atom is 0.358 e. The Morgan fingerprint density at radius 3 is 1.52 bits per heavy atom. The molecule has 0 N–H and O–H groups in total. The molecule has 7 heteroatoms. The van der Waals surface area contributed by atoms with Crippen LogP contribution in [0.1, 0.15) is 20.8 Å². The van der Waals surface area contributed by atoms with Crippen LogP contribution in [-0.2, 0) is 23.5 Å². The van der Waals surface area contributed by atoms with Gasteiger partial charge in [0.05, 0.1) is 20.8 Å². The minimum atomic E-state index is -3.13. The first-order valence-corrected chi connectivity index (χ1v) is 11.1. The molecule has 0 radical (unpaired) electrons. The van der Waals surface area contributed by atoms with Crippen molar-refractivity contribution >= 4 is 30.6 Å². The summed E-state index contributed by atoms with van der Waals surface area (Å²) in [6.07, 6.45) is 0. The molecule has 2 rings (SSSR count). The minimum absolute atomic E-state index is 0.442. The number of methoxy groups -OCH3 is 2. The van der Waals surface area contributed by atoms with Crippen LogP contribution in [0.5, 0.6) is 0 Å². The zero-order valence-electron chi connectivity index (χ0n) is 17.4. The number of benzene rings is 2. The number of ether oxygens (including phenoxy) is 2. The third kappa shape index (κ3) is 4.25. The SMILES string of the molecule is COC(=O)C(F)(CO[Si](c1ccccc1)(c1ccccc1)C(C)(C)C)C(=O)OC. The van der Waals surface area contributed by atoms with Crippen LogP contribution in [0.2, 0.25) is 5.04 Å². The van der Waals surface area contributed by atoms with Gasteiger partial charge < -0.3 is 13.9 Å². The molecule has 2 aromatic carbocycles. The molecule has 29 heavy (non-hydrogen) atoms. The topological polar surface area (TPSA) is 61.8 Å². The summed E-state index contributed by atoms with van der Waals surface area (Å²) in [5, 5.41) is 1.36. The third-order valence-electron chi connectivity index (χ3n) is 4.92. The molecule has 0 fully saturated rings. The Labute approximate surface area is 171 Å². The highest BCUT2D eigenvalue weighted by molar-refractivity contribution is 6.99. The maximum absolute atomic E-state index is 15.5. The Kier molecular flexibility index (Phi) is 6.97. The summed E-state index contributed by atoms with van der Waals surface area (Å²) in [4.78, 5) is 24.2. The van der Waals surface area contributed by atoms with Crippen molar-refractivity contribution < 1.29 is 27.9 Å².